The fraction of sp³-hybridized carbons (Fsp3) is 0.759. The van der Waals surface area contributed by atoms with Crippen molar-refractivity contribution in [1.82, 2.24) is 9.80 Å². The van der Waals surface area contributed by atoms with E-state index in [0.29, 0.717) is 23.7 Å². The molecule has 4 aliphatic carbocycles. The van der Waals surface area contributed by atoms with E-state index in [4.69, 9.17) is 0 Å². The Balaban J connectivity index is -0.000000171. The average molecular weight is 844 g/mol. The highest BCUT2D eigenvalue weighted by atomic mass is 15.1. The van der Waals surface area contributed by atoms with E-state index in [2.05, 4.69) is 156 Å². The van der Waals surface area contributed by atoms with E-state index in [0.717, 1.165) is 49.9 Å². The van der Waals surface area contributed by atoms with Crippen LogP contribution in [0.15, 0.2) is 48.5 Å². The Hall–Kier alpha value is -1.90. The van der Waals surface area contributed by atoms with Crippen molar-refractivity contribution < 1.29 is 0 Å². The lowest BCUT2D eigenvalue weighted by atomic mass is 9.62. The highest BCUT2D eigenvalue weighted by Crippen LogP contribution is 2.76. The molecule has 2 aromatic carbocycles. The summed E-state index contributed by atoms with van der Waals surface area (Å²) in [5, 5.41) is 0. The first kappa shape index (κ1) is 72.5. The summed E-state index contributed by atoms with van der Waals surface area (Å²) in [7, 11) is 4.22. The Kier molecular flexibility index (Phi) is 44.2. The molecule has 0 bridgehead atoms. The first-order chi connectivity index (χ1) is 26.8. The van der Waals surface area contributed by atoms with Crippen molar-refractivity contribution >= 4 is 11.1 Å². The molecule has 2 fully saturated rings. The van der Waals surface area contributed by atoms with Gasteiger partial charge >= 0.3 is 0 Å². The van der Waals surface area contributed by atoms with E-state index in [1.807, 2.05) is 83.1 Å². The minimum absolute atomic E-state index is 0. The number of nitrogens with zero attached hydrogens (tertiary/aromatic N) is 2. The molecule has 60 heavy (non-hydrogen) atoms. The first-order valence-corrected chi connectivity index (χ1v) is 24.2. The van der Waals surface area contributed by atoms with Gasteiger partial charge in [-0.3, -0.25) is 0 Å². The van der Waals surface area contributed by atoms with E-state index >= 15 is 0 Å². The van der Waals surface area contributed by atoms with Crippen LogP contribution in [0.2, 0.25) is 0 Å². The second kappa shape index (κ2) is 36.6. The molecule has 2 unspecified atom stereocenters. The molecule has 0 aromatic heterocycles. The summed E-state index contributed by atoms with van der Waals surface area (Å²) < 4.78 is 0. The van der Waals surface area contributed by atoms with Crippen molar-refractivity contribution in [2.75, 3.05) is 40.3 Å². The maximum absolute atomic E-state index is 2.57. The number of hydrogen-bond donors (Lipinski definition) is 0. The summed E-state index contributed by atoms with van der Waals surface area (Å²) in [5.41, 5.74) is 10.2. The van der Waals surface area contributed by atoms with Crippen molar-refractivity contribution in [2.24, 2.45) is 47.3 Å². The minimum atomic E-state index is 0. The number of benzene rings is 2. The lowest BCUT2D eigenvalue weighted by Crippen LogP contribution is -2.36. The fourth-order valence-corrected chi connectivity index (χ4v) is 10.2. The molecule has 0 heterocycles. The topological polar surface area (TPSA) is 6.48 Å². The molecule has 2 saturated carbocycles. The predicted molar refractivity (Wildman–Crippen MR) is 289 cm³/mol. The van der Waals surface area contributed by atoms with Crippen molar-refractivity contribution in [3.8, 4) is 0 Å². The highest BCUT2D eigenvalue weighted by Gasteiger charge is 2.68. The summed E-state index contributed by atoms with van der Waals surface area (Å²) in [6.45, 7) is 57.6. The number of fused-ring (bicyclic) bond motifs is 8. The molecule has 0 amide bonds. The van der Waals surface area contributed by atoms with Gasteiger partial charge < -0.3 is 9.80 Å². The van der Waals surface area contributed by atoms with Crippen LogP contribution < -0.4 is 0 Å². The maximum atomic E-state index is 2.57. The lowest BCUT2D eigenvalue weighted by molar-refractivity contribution is 0.336. The van der Waals surface area contributed by atoms with Gasteiger partial charge in [0.25, 0.3) is 0 Å². The highest BCUT2D eigenvalue weighted by molar-refractivity contribution is 6.11. The van der Waals surface area contributed by atoms with Crippen LogP contribution in [0.3, 0.4) is 0 Å². The van der Waals surface area contributed by atoms with Crippen LogP contribution in [0.5, 0.6) is 0 Å². The molecule has 10 atom stereocenters. The third-order valence-electron chi connectivity index (χ3n) is 14.2. The summed E-state index contributed by atoms with van der Waals surface area (Å²) in [4.78, 5) is 4.50. The van der Waals surface area contributed by atoms with Gasteiger partial charge in [-0.2, -0.15) is 0 Å². The standard InChI is InChI=1S/C32H40.2C5H13N.6C2H6.4CH4/c1-17-18(2)22(6)31(21(17)5)27-15-11-9-13-25(27)30-29(31)26-14-10-12-16-28(26)32(30)23(7)19(3)20(4)24(32)8;2*1-4-6(3)5-2;6*1-2;;;;/h9-24H,1-8H3;2*4-5H2,1-3H3;6*1-2H3;4*1H4/t17-,18+,19-,20+,21-,22+,23-,24+,31?,32?;;;;;;;;;;;;. The largest absolute Gasteiger partial charge is 0.307 e. The molecular formula is C58H118N2. The van der Waals surface area contributed by atoms with Gasteiger partial charge in [-0.15, -0.1) is 0 Å². The third kappa shape index (κ3) is 13.6. The van der Waals surface area contributed by atoms with Crippen molar-refractivity contribution in [1.29, 1.82) is 0 Å². The van der Waals surface area contributed by atoms with Gasteiger partial charge in [0.1, 0.15) is 0 Å². The van der Waals surface area contributed by atoms with E-state index in [1.165, 1.54) is 0 Å². The molecule has 0 saturated heterocycles. The van der Waals surface area contributed by atoms with Gasteiger partial charge in [-0.05, 0) is 121 Å². The number of allylic oxidation sites excluding steroid dienone is 2. The molecule has 0 aliphatic heterocycles. The van der Waals surface area contributed by atoms with Crippen molar-refractivity contribution in [2.45, 2.75) is 207 Å². The summed E-state index contributed by atoms with van der Waals surface area (Å²) in [6, 6.07) is 19.2. The molecule has 2 heteroatoms. The van der Waals surface area contributed by atoms with E-state index in [9.17, 15) is 0 Å². The predicted octanol–water partition coefficient (Wildman–Crippen LogP) is 18.8. The van der Waals surface area contributed by atoms with Crippen LogP contribution in [0.25, 0.3) is 11.1 Å². The molecule has 6 rings (SSSR count). The molecular weight excluding hydrogens is 725 g/mol. The van der Waals surface area contributed by atoms with Crippen LogP contribution in [0.1, 0.15) is 218 Å². The third-order valence-corrected chi connectivity index (χ3v) is 14.2. The summed E-state index contributed by atoms with van der Waals surface area (Å²) in [6.07, 6.45) is 0. The van der Waals surface area contributed by atoms with Gasteiger partial charge in [-0.1, -0.05) is 244 Å². The van der Waals surface area contributed by atoms with Crippen molar-refractivity contribution in [3.05, 3.63) is 70.8 Å². The van der Waals surface area contributed by atoms with Crippen LogP contribution in [-0.4, -0.2) is 50.1 Å². The summed E-state index contributed by atoms with van der Waals surface area (Å²) >= 11 is 0. The van der Waals surface area contributed by atoms with Gasteiger partial charge in [0.15, 0.2) is 0 Å². The van der Waals surface area contributed by atoms with Crippen LogP contribution in [-0.2, 0) is 10.8 Å². The zero-order valence-electron chi connectivity index (χ0n) is 43.0. The lowest BCUT2D eigenvalue weighted by Gasteiger charge is -2.41. The summed E-state index contributed by atoms with van der Waals surface area (Å²) in [5.74, 6) is 5.49. The first-order valence-electron chi connectivity index (χ1n) is 24.2. The Labute approximate surface area is 384 Å². The second-order valence-electron chi connectivity index (χ2n) is 15.1. The number of hydrogen-bond acceptors (Lipinski definition) is 2. The Morgan fingerprint density at radius 3 is 0.717 bits per heavy atom. The van der Waals surface area contributed by atoms with Gasteiger partial charge in [0.05, 0.1) is 0 Å². The monoisotopic (exact) mass is 843 g/mol. The normalized spacial score (nSPS) is 27.3. The second-order valence-corrected chi connectivity index (χ2v) is 15.1. The van der Waals surface area contributed by atoms with Crippen LogP contribution >= 0.6 is 0 Å². The Morgan fingerprint density at radius 2 is 0.550 bits per heavy atom. The molecule has 2 nitrogen and oxygen atoms in total. The molecule has 0 radical (unpaired) electrons. The average Bonchev–Trinajstić information content (AvgIpc) is 3.88. The maximum Gasteiger partial charge on any atom is 0.0274 e. The molecule has 2 spiro atoms. The van der Waals surface area contributed by atoms with Gasteiger partial charge in [-0.25, -0.2) is 0 Å². The van der Waals surface area contributed by atoms with Gasteiger partial charge in [0, 0.05) is 10.8 Å². The SMILES string of the molecule is C.C.C.C.CC.CC.CC.CC.CC.CC.CCN(C)CC.CCN(C)CC.C[C@@H]1[C@H](C)[C@H](C)C2(C3=C(c4ccccc42)C2(c4ccccc43)[C@H](C)[C@H](C)[C@H](C)[C@@H]2C)[C@@H]1C. The quantitative estimate of drug-likeness (QED) is 0.303. The fourth-order valence-electron chi connectivity index (χ4n) is 10.2. The van der Waals surface area contributed by atoms with E-state index < -0.39 is 0 Å². The zero-order valence-corrected chi connectivity index (χ0v) is 43.0. The van der Waals surface area contributed by atoms with E-state index in [1.54, 1.807) is 33.4 Å². The van der Waals surface area contributed by atoms with Crippen LogP contribution in [0, 0.1) is 47.3 Å². The minimum Gasteiger partial charge on any atom is -0.307 e. The van der Waals surface area contributed by atoms with E-state index in [-0.39, 0.29) is 40.5 Å². The molecule has 2 aromatic rings. The van der Waals surface area contributed by atoms with Crippen molar-refractivity contribution in [3.63, 3.8) is 0 Å². The number of rotatable bonds is 4. The van der Waals surface area contributed by atoms with Gasteiger partial charge in [0.2, 0.25) is 0 Å². The molecule has 360 valence electrons. The molecule has 0 N–H and O–H groups in total. The Morgan fingerprint density at radius 1 is 0.367 bits per heavy atom. The smallest absolute Gasteiger partial charge is 0.0274 e. The molecule has 4 aliphatic rings. The Bertz CT molecular complexity index is 1170. The van der Waals surface area contributed by atoms with Crippen LogP contribution in [0.4, 0.5) is 0 Å². The zero-order chi connectivity index (χ0) is 44.7.